The summed E-state index contributed by atoms with van der Waals surface area (Å²) in [5.74, 6) is -0.520. The van der Waals surface area contributed by atoms with Crippen molar-refractivity contribution in [3.8, 4) is 11.1 Å². The van der Waals surface area contributed by atoms with Gasteiger partial charge < -0.3 is 5.73 Å². The van der Waals surface area contributed by atoms with Crippen LogP contribution in [0.2, 0.25) is 0 Å². The van der Waals surface area contributed by atoms with Gasteiger partial charge in [-0.1, -0.05) is 30.3 Å². The summed E-state index contributed by atoms with van der Waals surface area (Å²) in [6, 6.07) is 11.4. The minimum atomic E-state index is -0.520. The lowest BCUT2D eigenvalue weighted by Gasteiger charge is -2.08. The molecule has 0 radical (unpaired) electrons. The van der Waals surface area contributed by atoms with Crippen molar-refractivity contribution < 1.29 is 4.79 Å². The Balaban J connectivity index is 2.35. The normalized spacial score (nSPS) is 10.5. The third kappa shape index (κ3) is 1.93. The van der Waals surface area contributed by atoms with Crippen LogP contribution in [0.25, 0.3) is 21.9 Å². The second kappa shape index (κ2) is 4.49. The van der Waals surface area contributed by atoms with Crippen LogP contribution in [-0.4, -0.2) is 15.9 Å². The summed E-state index contributed by atoms with van der Waals surface area (Å²) >= 11 is 0. The maximum Gasteiger partial charge on any atom is 0.267 e. The van der Waals surface area contributed by atoms with Gasteiger partial charge in [0, 0.05) is 35.1 Å². The number of hydrogen-bond donors (Lipinski definition) is 1. The van der Waals surface area contributed by atoms with Gasteiger partial charge in [0.05, 0.1) is 0 Å². The highest BCUT2D eigenvalue weighted by molar-refractivity contribution is 6.08. The standard InChI is InChI=1S/C15H11N3O/c16-15(19)14-12-6-2-1-5-11(12)13(9-18-14)10-4-3-7-17-8-10/h1-9H,(H2,16,19). The van der Waals surface area contributed by atoms with Crippen LogP contribution in [0.1, 0.15) is 10.5 Å². The lowest BCUT2D eigenvalue weighted by atomic mass is 10.0. The van der Waals surface area contributed by atoms with Crippen LogP contribution in [-0.2, 0) is 0 Å². The van der Waals surface area contributed by atoms with Gasteiger partial charge in [-0.15, -0.1) is 0 Å². The lowest BCUT2D eigenvalue weighted by Crippen LogP contribution is -2.13. The molecule has 0 fully saturated rings. The summed E-state index contributed by atoms with van der Waals surface area (Å²) in [6.45, 7) is 0. The van der Waals surface area contributed by atoms with Crippen molar-refractivity contribution in [1.82, 2.24) is 9.97 Å². The number of primary amides is 1. The molecule has 0 unspecified atom stereocenters. The monoisotopic (exact) mass is 249 g/mol. The van der Waals surface area contributed by atoms with Gasteiger partial charge in [-0.05, 0) is 11.5 Å². The molecule has 3 aromatic rings. The van der Waals surface area contributed by atoms with E-state index in [1.807, 2.05) is 36.4 Å². The van der Waals surface area contributed by atoms with E-state index in [2.05, 4.69) is 9.97 Å². The van der Waals surface area contributed by atoms with Gasteiger partial charge in [-0.25, -0.2) is 4.98 Å². The molecular formula is C15H11N3O. The third-order valence-electron chi connectivity index (χ3n) is 3.00. The smallest absolute Gasteiger partial charge is 0.267 e. The van der Waals surface area contributed by atoms with Crippen LogP contribution >= 0.6 is 0 Å². The minimum Gasteiger partial charge on any atom is -0.364 e. The van der Waals surface area contributed by atoms with Crippen molar-refractivity contribution in [3.05, 3.63) is 60.7 Å². The van der Waals surface area contributed by atoms with Gasteiger partial charge in [0.25, 0.3) is 5.91 Å². The third-order valence-corrected chi connectivity index (χ3v) is 3.00. The first-order chi connectivity index (χ1) is 9.27. The van der Waals surface area contributed by atoms with E-state index in [0.29, 0.717) is 5.69 Å². The molecule has 0 bridgehead atoms. The molecule has 2 N–H and O–H groups in total. The Morgan fingerprint density at radius 1 is 1.00 bits per heavy atom. The Kier molecular flexibility index (Phi) is 2.68. The predicted molar refractivity (Wildman–Crippen MR) is 73.5 cm³/mol. The zero-order chi connectivity index (χ0) is 13.2. The first kappa shape index (κ1) is 11.3. The highest BCUT2D eigenvalue weighted by Gasteiger charge is 2.12. The molecule has 0 spiro atoms. The number of hydrogen-bond acceptors (Lipinski definition) is 3. The first-order valence-electron chi connectivity index (χ1n) is 5.85. The number of nitrogens with two attached hydrogens (primary N) is 1. The molecule has 0 atom stereocenters. The fraction of sp³-hybridized carbons (Fsp3) is 0. The zero-order valence-electron chi connectivity index (χ0n) is 10.1. The summed E-state index contributed by atoms with van der Waals surface area (Å²) in [4.78, 5) is 19.7. The molecule has 2 heterocycles. The van der Waals surface area contributed by atoms with Crippen LogP contribution in [0, 0.1) is 0 Å². The maximum absolute atomic E-state index is 11.4. The van der Waals surface area contributed by atoms with Gasteiger partial charge >= 0.3 is 0 Å². The van der Waals surface area contributed by atoms with Crippen LogP contribution in [0.15, 0.2) is 55.0 Å². The Hall–Kier alpha value is -2.75. The van der Waals surface area contributed by atoms with Crippen LogP contribution < -0.4 is 5.73 Å². The molecule has 0 saturated heterocycles. The van der Waals surface area contributed by atoms with E-state index in [9.17, 15) is 4.79 Å². The van der Waals surface area contributed by atoms with E-state index >= 15 is 0 Å². The average molecular weight is 249 g/mol. The van der Waals surface area contributed by atoms with E-state index in [1.165, 1.54) is 0 Å². The van der Waals surface area contributed by atoms with Crippen molar-refractivity contribution in [2.45, 2.75) is 0 Å². The van der Waals surface area contributed by atoms with E-state index in [1.54, 1.807) is 18.6 Å². The Morgan fingerprint density at radius 2 is 1.79 bits per heavy atom. The zero-order valence-corrected chi connectivity index (χ0v) is 10.1. The fourth-order valence-electron chi connectivity index (χ4n) is 2.14. The summed E-state index contributed by atoms with van der Waals surface area (Å²) < 4.78 is 0. The first-order valence-corrected chi connectivity index (χ1v) is 5.85. The predicted octanol–water partition coefficient (Wildman–Crippen LogP) is 2.40. The molecule has 3 rings (SSSR count). The minimum absolute atomic E-state index is 0.295. The number of aromatic nitrogens is 2. The highest BCUT2D eigenvalue weighted by atomic mass is 16.1. The summed E-state index contributed by atoms with van der Waals surface area (Å²) in [5, 5.41) is 1.70. The fourth-order valence-corrected chi connectivity index (χ4v) is 2.14. The van der Waals surface area contributed by atoms with Gasteiger partial charge in [-0.3, -0.25) is 9.78 Å². The highest BCUT2D eigenvalue weighted by Crippen LogP contribution is 2.28. The number of nitrogens with zero attached hydrogens (tertiary/aromatic N) is 2. The number of carbonyl (C=O) groups is 1. The van der Waals surface area contributed by atoms with E-state index in [0.717, 1.165) is 21.9 Å². The molecule has 1 amide bonds. The largest absolute Gasteiger partial charge is 0.364 e. The van der Waals surface area contributed by atoms with Gasteiger partial charge in [0.2, 0.25) is 0 Å². The molecule has 0 aliphatic heterocycles. The van der Waals surface area contributed by atoms with Crippen LogP contribution in [0.5, 0.6) is 0 Å². The summed E-state index contributed by atoms with van der Waals surface area (Å²) in [7, 11) is 0. The second-order valence-corrected chi connectivity index (χ2v) is 4.17. The Morgan fingerprint density at radius 3 is 2.47 bits per heavy atom. The molecule has 92 valence electrons. The van der Waals surface area contributed by atoms with Crippen molar-refractivity contribution in [1.29, 1.82) is 0 Å². The molecular weight excluding hydrogens is 238 g/mol. The Bertz CT molecular complexity index is 754. The lowest BCUT2D eigenvalue weighted by molar-refractivity contribution is 0.0997. The maximum atomic E-state index is 11.4. The van der Waals surface area contributed by atoms with Gasteiger partial charge in [-0.2, -0.15) is 0 Å². The molecule has 0 aliphatic rings. The number of carbonyl (C=O) groups excluding carboxylic acids is 1. The summed E-state index contributed by atoms with van der Waals surface area (Å²) in [6.07, 6.45) is 5.16. The van der Waals surface area contributed by atoms with Crippen molar-refractivity contribution in [3.63, 3.8) is 0 Å². The number of fused-ring (bicyclic) bond motifs is 1. The number of pyridine rings is 2. The van der Waals surface area contributed by atoms with Crippen molar-refractivity contribution >= 4 is 16.7 Å². The second-order valence-electron chi connectivity index (χ2n) is 4.17. The van der Waals surface area contributed by atoms with Crippen molar-refractivity contribution in [2.24, 2.45) is 5.73 Å². The molecule has 0 aliphatic carbocycles. The van der Waals surface area contributed by atoms with E-state index < -0.39 is 5.91 Å². The summed E-state index contributed by atoms with van der Waals surface area (Å²) in [5.41, 5.74) is 7.55. The average Bonchev–Trinajstić information content (AvgIpc) is 2.47. The topological polar surface area (TPSA) is 68.9 Å². The van der Waals surface area contributed by atoms with E-state index in [-0.39, 0.29) is 0 Å². The SMILES string of the molecule is NC(=O)c1ncc(-c2cccnc2)c2ccccc12. The van der Waals surface area contributed by atoms with E-state index in [4.69, 9.17) is 5.73 Å². The number of amides is 1. The van der Waals surface area contributed by atoms with Gasteiger partial charge in [0.15, 0.2) is 0 Å². The molecule has 4 heteroatoms. The molecule has 1 aromatic carbocycles. The molecule has 4 nitrogen and oxygen atoms in total. The molecule has 2 aromatic heterocycles. The molecule has 0 saturated carbocycles. The van der Waals surface area contributed by atoms with Crippen LogP contribution in [0.4, 0.5) is 0 Å². The van der Waals surface area contributed by atoms with Crippen molar-refractivity contribution in [2.75, 3.05) is 0 Å². The quantitative estimate of drug-likeness (QED) is 0.758. The number of rotatable bonds is 2. The van der Waals surface area contributed by atoms with Crippen LogP contribution in [0.3, 0.4) is 0 Å². The Labute approximate surface area is 109 Å². The molecule has 19 heavy (non-hydrogen) atoms. The van der Waals surface area contributed by atoms with Gasteiger partial charge in [0.1, 0.15) is 5.69 Å². The number of benzene rings is 1.